The average Bonchev–Trinajstić information content (AvgIpc) is 3.23. The lowest BCUT2D eigenvalue weighted by Gasteiger charge is -2.24. The molecule has 0 rings (SSSR count). The number of allylic oxidation sites excluding steroid dienone is 7. The van der Waals surface area contributed by atoms with E-state index in [2.05, 4.69) is 55.6 Å². The van der Waals surface area contributed by atoms with Crippen molar-refractivity contribution in [2.24, 2.45) is 5.73 Å². The van der Waals surface area contributed by atoms with Gasteiger partial charge in [0.2, 0.25) is 5.91 Å². The predicted octanol–water partition coefficient (Wildman–Crippen LogP) is 13.4. The standard InChI is InChI=1S/C50H95N2O7P/c1-3-5-7-9-11-13-15-17-19-21-22-23-24-26-28-30-32-34-36-38-40-42-49(54)48(46-59-60(56,57)58-44-43-51)52-50(55)45-47(53)41-39-37-35-33-31-29-27-25-20-18-16-14-12-10-8-6-4-2/h24-27,32,34,40,42,47-49,53-54H,3-23,28-31,33,35-39,41,43-46,51H2,1-2H3,(H,52,55)(H,56,57)/b26-24+,27-25-,34-32+,42-40+. The topological polar surface area (TPSA) is 151 Å². The lowest BCUT2D eigenvalue weighted by Crippen LogP contribution is -2.46. The molecule has 0 radical (unpaired) electrons. The van der Waals surface area contributed by atoms with Gasteiger partial charge in [-0.3, -0.25) is 13.8 Å². The van der Waals surface area contributed by atoms with Gasteiger partial charge in [-0.25, -0.2) is 4.57 Å². The van der Waals surface area contributed by atoms with E-state index in [0.29, 0.717) is 12.8 Å². The van der Waals surface area contributed by atoms with Gasteiger partial charge in [0.25, 0.3) is 0 Å². The van der Waals surface area contributed by atoms with E-state index in [9.17, 15) is 24.5 Å². The maximum absolute atomic E-state index is 12.9. The Morgan fingerprint density at radius 1 is 0.567 bits per heavy atom. The summed E-state index contributed by atoms with van der Waals surface area (Å²) < 4.78 is 22.1. The van der Waals surface area contributed by atoms with Crippen molar-refractivity contribution in [3.05, 3.63) is 48.6 Å². The Kier molecular flexibility index (Phi) is 44.2. The molecule has 1 amide bonds. The van der Waals surface area contributed by atoms with Crippen LogP contribution >= 0.6 is 7.82 Å². The summed E-state index contributed by atoms with van der Waals surface area (Å²) in [6.07, 6.45) is 53.5. The van der Waals surface area contributed by atoms with E-state index in [1.165, 1.54) is 135 Å². The minimum atomic E-state index is -4.42. The SMILES string of the molecule is CCCCCCCCCC/C=C\CCCCCCCC(O)CC(=O)NC(COP(=O)(O)OCCN)C(O)/C=C/CC/C=C/CC/C=C/CCCCCCCCCCCCC. The molecule has 0 saturated heterocycles. The van der Waals surface area contributed by atoms with Crippen LogP contribution in [0.4, 0.5) is 0 Å². The molecule has 0 aromatic carbocycles. The summed E-state index contributed by atoms with van der Waals surface area (Å²) in [4.78, 5) is 22.8. The number of amides is 1. The first-order chi connectivity index (χ1) is 29.3. The first kappa shape index (κ1) is 58.4. The van der Waals surface area contributed by atoms with Crippen LogP contribution in [0.2, 0.25) is 0 Å². The molecule has 0 aliphatic carbocycles. The van der Waals surface area contributed by atoms with Crippen LogP contribution < -0.4 is 11.1 Å². The number of aliphatic hydroxyl groups excluding tert-OH is 2. The molecule has 0 aromatic heterocycles. The van der Waals surface area contributed by atoms with Gasteiger partial charge in [-0.05, 0) is 70.6 Å². The van der Waals surface area contributed by atoms with Crippen LogP contribution in [-0.4, -0.2) is 59.0 Å². The zero-order valence-electron chi connectivity index (χ0n) is 38.8. The van der Waals surface area contributed by atoms with Gasteiger partial charge in [-0.15, -0.1) is 0 Å². The van der Waals surface area contributed by atoms with Crippen molar-refractivity contribution in [2.45, 2.75) is 244 Å². The molecule has 0 spiro atoms. The van der Waals surface area contributed by atoms with Gasteiger partial charge < -0.3 is 26.2 Å². The number of phosphoric ester groups is 1. The van der Waals surface area contributed by atoms with Crippen molar-refractivity contribution in [1.29, 1.82) is 0 Å². The molecule has 0 aliphatic rings. The Morgan fingerprint density at radius 2 is 0.950 bits per heavy atom. The minimum absolute atomic E-state index is 0.0404. The summed E-state index contributed by atoms with van der Waals surface area (Å²) >= 11 is 0. The summed E-state index contributed by atoms with van der Waals surface area (Å²) in [6.45, 7) is 3.95. The van der Waals surface area contributed by atoms with Crippen LogP contribution in [0.15, 0.2) is 48.6 Å². The number of nitrogens with one attached hydrogen (secondary N) is 1. The Hall–Kier alpha value is -1.58. The van der Waals surface area contributed by atoms with Gasteiger partial charge in [0.05, 0.1) is 37.9 Å². The van der Waals surface area contributed by atoms with Gasteiger partial charge in [-0.1, -0.05) is 197 Å². The van der Waals surface area contributed by atoms with Gasteiger partial charge in [0.1, 0.15) is 0 Å². The van der Waals surface area contributed by atoms with Crippen LogP contribution in [0, 0.1) is 0 Å². The highest BCUT2D eigenvalue weighted by Gasteiger charge is 2.27. The van der Waals surface area contributed by atoms with Gasteiger partial charge in [-0.2, -0.15) is 0 Å². The van der Waals surface area contributed by atoms with Crippen LogP contribution in [0.1, 0.15) is 226 Å². The Morgan fingerprint density at radius 3 is 1.38 bits per heavy atom. The summed E-state index contributed by atoms with van der Waals surface area (Å²) in [7, 11) is -4.42. The maximum atomic E-state index is 12.9. The molecule has 4 atom stereocenters. The molecule has 9 nitrogen and oxygen atoms in total. The first-order valence-corrected chi connectivity index (χ1v) is 26.3. The molecule has 6 N–H and O–H groups in total. The zero-order chi connectivity index (χ0) is 44.0. The van der Waals surface area contributed by atoms with Crippen LogP contribution in [0.5, 0.6) is 0 Å². The van der Waals surface area contributed by atoms with Gasteiger partial charge in [0, 0.05) is 6.54 Å². The molecule has 0 aliphatic heterocycles. The molecule has 352 valence electrons. The number of unbranched alkanes of at least 4 members (excludes halogenated alkanes) is 26. The summed E-state index contributed by atoms with van der Waals surface area (Å²) in [5.74, 6) is -0.464. The Balaban J connectivity index is 4.32. The zero-order valence-corrected chi connectivity index (χ0v) is 39.7. The predicted molar refractivity (Wildman–Crippen MR) is 255 cm³/mol. The number of hydrogen-bond donors (Lipinski definition) is 5. The molecular weight excluding hydrogens is 772 g/mol. The fraction of sp³-hybridized carbons (Fsp3) is 0.820. The number of aliphatic hydroxyl groups is 2. The number of rotatable bonds is 46. The minimum Gasteiger partial charge on any atom is -0.393 e. The molecule has 0 bridgehead atoms. The highest BCUT2D eigenvalue weighted by atomic mass is 31.2. The molecule has 0 fully saturated rings. The normalized spacial score (nSPS) is 14.8. The third-order valence-electron chi connectivity index (χ3n) is 10.9. The second-order valence-corrected chi connectivity index (χ2v) is 18.3. The van der Waals surface area contributed by atoms with E-state index >= 15 is 0 Å². The van der Waals surface area contributed by atoms with Crippen molar-refractivity contribution >= 4 is 13.7 Å². The summed E-state index contributed by atoms with van der Waals surface area (Å²) in [5.41, 5.74) is 5.37. The number of nitrogens with two attached hydrogens (primary N) is 1. The number of carbonyl (C=O) groups is 1. The van der Waals surface area contributed by atoms with Crippen molar-refractivity contribution in [3.63, 3.8) is 0 Å². The van der Waals surface area contributed by atoms with E-state index in [1.54, 1.807) is 6.08 Å². The second kappa shape index (κ2) is 45.4. The van der Waals surface area contributed by atoms with Crippen LogP contribution in [0.3, 0.4) is 0 Å². The third kappa shape index (κ3) is 43.1. The van der Waals surface area contributed by atoms with E-state index in [4.69, 9.17) is 14.8 Å². The van der Waals surface area contributed by atoms with Gasteiger partial charge >= 0.3 is 7.82 Å². The van der Waals surface area contributed by atoms with Crippen LogP contribution in [-0.2, 0) is 18.4 Å². The van der Waals surface area contributed by atoms with Crippen molar-refractivity contribution in [1.82, 2.24) is 5.32 Å². The van der Waals surface area contributed by atoms with E-state index in [1.807, 2.05) is 6.08 Å². The van der Waals surface area contributed by atoms with Crippen LogP contribution in [0.25, 0.3) is 0 Å². The van der Waals surface area contributed by atoms with Crippen molar-refractivity contribution in [3.8, 4) is 0 Å². The summed E-state index contributed by atoms with van der Waals surface area (Å²) in [6, 6.07) is -1.01. The number of phosphoric acid groups is 1. The maximum Gasteiger partial charge on any atom is 0.472 e. The molecule has 0 saturated carbocycles. The molecule has 0 aromatic rings. The summed E-state index contributed by atoms with van der Waals surface area (Å²) in [5, 5.41) is 24.1. The molecule has 0 heterocycles. The van der Waals surface area contributed by atoms with Crippen molar-refractivity contribution < 1.29 is 33.5 Å². The largest absolute Gasteiger partial charge is 0.472 e. The molecule has 4 unspecified atom stereocenters. The molecule has 10 heteroatoms. The second-order valence-electron chi connectivity index (χ2n) is 16.8. The quantitative estimate of drug-likeness (QED) is 0.0230. The van der Waals surface area contributed by atoms with E-state index in [0.717, 1.165) is 57.8 Å². The Labute approximate surface area is 369 Å². The van der Waals surface area contributed by atoms with Crippen molar-refractivity contribution in [2.75, 3.05) is 19.8 Å². The fourth-order valence-corrected chi connectivity index (χ4v) is 7.90. The fourth-order valence-electron chi connectivity index (χ4n) is 7.14. The first-order valence-electron chi connectivity index (χ1n) is 24.8. The molecular formula is C50H95N2O7P. The average molecular weight is 867 g/mol. The smallest absolute Gasteiger partial charge is 0.393 e. The van der Waals surface area contributed by atoms with E-state index < -0.39 is 38.6 Å². The highest BCUT2D eigenvalue weighted by Crippen LogP contribution is 2.43. The highest BCUT2D eigenvalue weighted by molar-refractivity contribution is 7.47. The monoisotopic (exact) mass is 867 g/mol. The Bertz CT molecular complexity index is 1100. The lowest BCUT2D eigenvalue weighted by atomic mass is 10.0. The third-order valence-corrected chi connectivity index (χ3v) is 11.9. The number of carbonyl (C=O) groups excluding carboxylic acids is 1. The molecule has 60 heavy (non-hydrogen) atoms. The lowest BCUT2D eigenvalue weighted by molar-refractivity contribution is -0.124. The number of hydrogen-bond acceptors (Lipinski definition) is 7. The van der Waals surface area contributed by atoms with E-state index in [-0.39, 0.29) is 19.6 Å². The van der Waals surface area contributed by atoms with Gasteiger partial charge in [0.15, 0.2) is 0 Å².